The molecule has 1 aliphatic rings. The normalized spacial score (nSPS) is 15.5. The molecule has 0 aromatic heterocycles. The zero-order valence-corrected chi connectivity index (χ0v) is 12.7. The third-order valence-electron chi connectivity index (χ3n) is 3.91. The molecular weight excluding hydrogens is 290 g/mol. The van der Waals surface area contributed by atoms with Crippen molar-refractivity contribution >= 4 is 23.5 Å². The van der Waals surface area contributed by atoms with Crippen molar-refractivity contribution in [2.45, 2.75) is 43.9 Å². The Morgan fingerprint density at radius 3 is 2.62 bits per heavy atom. The quantitative estimate of drug-likeness (QED) is 0.725. The fourth-order valence-corrected chi connectivity index (χ4v) is 2.70. The lowest BCUT2D eigenvalue weighted by atomic mass is 9.95. The maximum absolute atomic E-state index is 12.3. The molecular formula is C16H20ClNO3. The molecule has 1 aromatic carbocycles. The van der Waals surface area contributed by atoms with E-state index in [4.69, 9.17) is 16.7 Å². The van der Waals surface area contributed by atoms with E-state index in [1.54, 1.807) is 0 Å². The minimum atomic E-state index is -0.767. The number of hydrogen-bond donors (Lipinski definition) is 2. The SMILES string of the molecule is O=C(O)CCCCCNC(=O)C1(c2cccc(Cl)c2)CC1. The van der Waals surface area contributed by atoms with E-state index in [0.29, 0.717) is 18.0 Å². The summed E-state index contributed by atoms with van der Waals surface area (Å²) in [6.07, 6.45) is 4.20. The highest BCUT2D eigenvalue weighted by Crippen LogP contribution is 2.48. The summed E-state index contributed by atoms with van der Waals surface area (Å²) in [7, 11) is 0. The number of unbranched alkanes of at least 4 members (excludes halogenated alkanes) is 2. The van der Waals surface area contributed by atoms with Gasteiger partial charge in [-0.25, -0.2) is 0 Å². The molecule has 0 bridgehead atoms. The van der Waals surface area contributed by atoms with Crippen molar-refractivity contribution in [1.29, 1.82) is 0 Å². The van der Waals surface area contributed by atoms with Gasteiger partial charge in [-0.1, -0.05) is 30.2 Å². The summed E-state index contributed by atoms with van der Waals surface area (Å²) in [5, 5.41) is 12.2. The van der Waals surface area contributed by atoms with Gasteiger partial charge >= 0.3 is 5.97 Å². The average Bonchev–Trinajstić information content (AvgIpc) is 3.24. The van der Waals surface area contributed by atoms with Crippen LogP contribution in [0.25, 0.3) is 0 Å². The second kappa shape index (κ2) is 6.94. The number of rotatable bonds is 8. The van der Waals surface area contributed by atoms with Crippen molar-refractivity contribution in [3.05, 3.63) is 34.9 Å². The summed E-state index contributed by atoms with van der Waals surface area (Å²) >= 11 is 5.99. The number of halogens is 1. The summed E-state index contributed by atoms with van der Waals surface area (Å²) in [6, 6.07) is 7.49. The van der Waals surface area contributed by atoms with Crippen LogP contribution in [0.3, 0.4) is 0 Å². The van der Waals surface area contributed by atoms with Crippen LogP contribution in [0, 0.1) is 0 Å². The second-order valence-electron chi connectivity index (χ2n) is 5.55. The van der Waals surface area contributed by atoms with Gasteiger partial charge in [0.15, 0.2) is 0 Å². The fraction of sp³-hybridized carbons (Fsp3) is 0.500. The number of hydrogen-bond acceptors (Lipinski definition) is 2. The highest BCUT2D eigenvalue weighted by Gasteiger charge is 2.51. The van der Waals surface area contributed by atoms with Crippen LogP contribution < -0.4 is 5.32 Å². The Morgan fingerprint density at radius 1 is 1.24 bits per heavy atom. The molecule has 1 amide bonds. The summed E-state index contributed by atoms with van der Waals surface area (Å²) < 4.78 is 0. The number of carboxylic acid groups (broad SMARTS) is 1. The molecule has 0 atom stereocenters. The van der Waals surface area contributed by atoms with Crippen molar-refractivity contribution < 1.29 is 14.7 Å². The number of benzene rings is 1. The molecule has 0 radical (unpaired) electrons. The molecule has 21 heavy (non-hydrogen) atoms. The molecule has 0 aliphatic heterocycles. The topological polar surface area (TPSA) is 66.4 Å². The number of nitrogens with one attached hydrogen (secondary N) is 1. The Bertz CT molecular complexity index is 526. The first-order valence-corrected chi connectivity index (χ1v) is 7.68. The molecule has 2 rings (SSSR count). The zero-order valence-electron chi connectivity index (χ0n) is 11.9. The van der Waals surface area contributed by atoms with Crippen molar-refractivity contribution in [1.82, 2.24) is 5.32 Å². The summed E-state index contributed by atoms with van der Waals surface area (Å²) in [5.74, 6) is -0.708. The Balaban J connectivity index is 1.77. The highest BCUT2D eigenvalue weighted by molar-refractivity contribution is 6.30. The van der Waals surface area contributed by atoms with Gasteiger partial charge in [0.2, 0.25) is 5.91 Å². The number of carbonyl (C=O) groups excluding carboxylic acids is 1. The predicted molar refractivity (Wildman–Crippen MR) is 81.5 cm³/mol. The minimum absolute atomic E-state index is 0.0583. The van der Waals surface area contributed by atoms with Gasteiger partial charge in [0.05, 0.1) is 5.41 Å². The third kappa shape index (κ3) is 4.21. The molecule has 0 saturated heterocycles. The van der Waals surface area contributed by atoms with Gasteiger partial charge in [0, 0.05) is 18.0 Å². The smallest absolute Gasteiger partial charge is 0.303 e. The molecule has 0 heterocycles. The number of aliphatic carboxylic acids is 1. The third-order valence-corrected chi connectivity index (χ3v) is 4.15. The first-order valence-electron chi connectivity index (χ1n) is 7.31. The van der Waals surface area contributed by atoms with E-state index < -0.39 is 11.4 Å². The lowest BCUT2D eigenvalue weighted by Crippen LogP contribution is -2.35. The molecule has 0 unspecified atom stereocenters. The van der Waals surface area contributed by atoms with E-state index in [9.17, 15) is 9.59 Å². The zero-order chi connectivity index (χ0) is 15.3. The molecule has 114 valence electrons. The van der Waals surface area contributed by atoms with Crippen LogP contribution in [-0.4, -0.2) is 23.5 Å². The van der Waals surface area contributed by atoms with E-state index in [-0.39, 0.29) is 12.3 Å². The maximum atomic E-state index is 12.3. The van der Waals surface area contributed by atoms with Crippen molar-refractivity contribution in [2.75, 3.05) is 6.54 Å². The van der Waals surface area contributed by atoms with E-state index in [1.807, 2.05) is 24.3 Å². The molecule has 2 N–H and O–H groups in total. The number of carboxylic acids is 1. The van der Waals surface area contributed by atoms with Crippen LogP contribution in [0.2, 0.25) is 5.02 Å². The van der Waals surface area contributed by atoms with E-state index >= 15 is 0 Å². The Hall–Kier alpha value is -1.55. The van der Waals surface area contributed by atoms with Crippen LogP contribution in [-0.2, 0) is 15.0 Å². The molecule has 4 nitrogen and oxygen atoms in total. The minimum Gasteiger partial charge on any atom is -0.481 e. The van der Waals surface area contributed by atoms with E-state index in [2.05, 4.69) is 5.32 Å². The van der Waals surface area contributed by atoms with Crippen molar-refractivity contribution in [3.8, 4) is 0 Å². The summed E-state index contributed by atoms with van der Waals surface area (Å²) in [5.41, 5.74) is 0.588. The van der Waals surface area contributed by atoms with Gasteiger partial charge < -0.3 is 10.4 Å². The first kappa shape index (κ1) is 15.8. The molecule has 5 heteroatoms. The van der Waals surface area contributed by atoms with Crippen molar-refractivity contribution in [3.63, 3.8) is 0 Å². The monoisotopic (exact) mass is 309 g/mol. The fourth-order valence-electron chi connectivity index (χ4n) is 2.51. The second-order valence-corrected chi connectivity index (χ2v) is 5.99. The molecule has 1 saturated carbocycles. The van der Waals surface area contributed by atoms with Crippen LogP contribution >= 0.6 is 11.6 Å². The van der Waals surface area contributed by atoms with Gasteiger partial charge in [0.25, 0.3) is 0 Å². The maximum Gasteiger partial charge on any atom is 0.303 e. The Kier molecular flexibility index (Phi) is 5.23. The van der Waals surface area contributed by atoms with Crippen LogP contribution in [0.4, 0.5) is 0 Å². The highest BCUT2D eigenvalue weighted by atomic mass is 35.5. The largest absolute Gasteiger partial charge is 0.481 e. The van der Waals surface area contributed by atoms with Crippen LogP contribution in [0.1, 0.15) is 44.1 Å². The van der Waals surface area contributed by atoms with Crippen molar-refractivity contribution in [2.24, 2.45) is 0 Å². The van der Waals surface area contributed by atoms with Gasteiger partial charge in [-0.2, -0.15) is 0 Å². The van der Waals surface area contributed by atoms with Gasteiger partial charge in [-0.3, -0.25) is 9.59 Å². The van der Waals surface area contributed by atoms with E-state index in [0.717, 1.165) is 31.2 Å². The van der Waals surface area contributed by atoms with E-state index in [1.165, 1.54) is 0 Å². The van der Waals surface area contributed by atoms with Gasteiger partial charge in [-0.15, -0.1) is 0 Å². The molecule has 0 spiro atoms. The van der Waals surface area contributed by atoms with Gasteiger partial charge in [-0.05, 0) is 43.4 Å². The molecule has 1 aliphatic carbocycles. The Morgan fingerprint density at radius 2 is 2.00 bits per heavy atom. The average molecular weight is 310 g/mol. The van der Waals surface area contributed by atoms with Gasteiger partial charge in [0.1, 0.15) is 0 Å². The standard InChI is InChI=1S/C16H20ClNO3/c17-13-6-4-5-12(11-13)16(8-9-16)15(21)18-10-3-1-2-7-14(19)20/h4-6,11H,1-3,7-10H2,(H,18,21)(H,19,20). The number of carbonyl (C=O) groups is 2. The molecule has 1 fully saturated rings. The summed E-state index contributed by atoms with van der Waals surface area (Å²) in [6.45, 7) is 0.598. The number of amides is 1. The Labute approximate surface area is 129 Å². The van der Waals surface area contributed by atoms with Crippen LogP contribution in [0.15, 0.2) is 24.3 Å². The lowest BCUT2D eigenvalue weighted by molar-refractivity contribution is -0.137. The lowest BCUT2D eigenvalue weighted by Gasteiger charge is -2.16. The molecule has 1 aromatic rings. The predicted octanol–water partition coefficient (Wildman–Crippen LogP) is 3.13. The summed E-state index contributed by atoms with van der Waals surface area (Å²) in [4.78, 5) is 22.7. The first-order chi connectivity index (χ1) is 10.0. The van der Waals surface area contributed by atoms with Crippen LogP contribution in [0.5, 0.6) is 0 Å².